The minimum Gasteiger partial charge on any atom is -0.493 e. The van der Waals surface area contributed by atoms with Gasteiger partial charge in [0.05, 0.1) is 41.2 Å². The van der Waals surface area contributed by atoms with Crippen LogP contribution in [0.3, 0.4) is 0 Å². The summed E-state index contributed by atoms with van der Waals surface area (Å²) < 4.78 is 40.9. The number of nitrogens with zero attached hydrogens (tertiary/aromatic N) is 5. The maximum absolute atomic E-state index is 13.9. The lowest BCUT2D eigenvalue weighted by molar-refractivity contribution is -0.116. The van der Waals surface area contributed by atoms with Gasteiger partial charge in [-0.2, -0.15) is 5.10 Å². The summed E-state index contributed by atoms with van der Waals surface area (Å²) in [7, 11) is 0. The molecule has 5 rings (SSSR count). The Morgan fingerprint density at radius 3 is 2.88 bits per heavy atom. The molecule has 2 aromatic heterocycles. The van der Waals surface area contributed by atoms with Crippen molar-refractivity contribution in [3.63, 3.8) is 0 Å². The molecular weight excluding hydrogens is 544 g/mol. The molecule has 0 unspecified atom stereocenters. The number of halogens is 2. The van der Waals surface area contributed by atoms with Crippen LogP contribution in [0.2, 0.25) is 0 Å². The third-order valence-corrected chi connectivity index (χ3v) is 6.82. The highest BCUT2D eigenvalue weighted by molar-refractivity contribution is 5.96. The molecule has 221 valence electrons. The van der Waals surface area contributed by atoms with Crippen LogP contribution in [0.1, 0.15) is 33.1 Å². The Hall–Kier alpha value is -4.32. The molecule has 1 amide bonds. The maximum atomic E-state index is 13.9. The predicted molar refractivity (Wildman–Crippen MR) is 156 cm³/mol. The van der Waals surface area contributed by atoms with Crippen molar-refractivity contribution in [3.8, 4) is 11.5 Å². The van der Waals surface area contributed by atoms with Gasteiger partial charge in [-0.05, 0) is 58.7 Å². The molecule has 1 aliphatic rings. The highest BCUT2D eigenvalue weighted by Gasteiger charge is 2.20. The van der Waals surface area contributed by atoms with E-state index < -0.39 is 17.5 Å². The Kier molecular flexibility index (Phi) is 9.11. The van der Waals surface area contributed by atoms with Crippen LogP contribution in [0.25, 0.3) is 10.9 Å². The number of likely N-dealkylation sites (tertiary alicyclic amines) is 1. The van der Waals surface area contributed by atoms with E-state index in [-0.39, 0.29) is 18.3 Å². The monoisotopic (exact) mass is 578 g/mol. The molecule has 0 bridgehead atoms. The molecule has 12 heteroatoms. The first-order valence-electron chi connectivity index (χ1n) is 14.0. The van der Waals surface area contributed by atoms with Crippen molar-refractivity contribution < 1.29 is 23.0 Å². The number of carbonyl (C=O) groups excluding carboxylic acids is 1. The second-order valence-electron chi connectivity index (χ2n) is 10.4. The van der Waals surface area contributed by atoms with E-state index in [1.165, 1.54) is 35.8 Å². The molecule has 0 saturated carbocycles. The number of fused-ring (bicyclic) bond motifs is 1. The third-order valence-electron chi connectivity index (χ3n) is 6.82. The fourth-order valence-corrected chi connectivity index (χ4v) is 4.89. The van der Waals surface area contributed by atoms with Gasteiger partial charge in [0.25, 0.3) is 0 Å². The van der Waals surface area contributed by atoms with Gasteiger partial charge in [-0.15, -0.1) is 0 Å². The number of hydrogen-bond acceptors (Lipinski definition) is 8. The summed E-state index contributed by atoms with van der Waals surface area (Å²) in [4.78, 5) is 23.7. The Bertz CT molecular complexity index is 1540. The van der Waals surface area contributed by atoms with Crippen molar-refractivity contribution in [2.75, 3.05) is 30.3 Å². The molecule has 42 heavy (non-hydrogen) atoms. The van der Waals surface area contributed by atoms with Crippen LogP contribution in [-0.2, 0) is 11.3 Å². The van der Waals surface area contributed by atoms with Gasteiger partial charge in [0.2, 0.25) is 5.91 Å². The summed E-state index contributed by atoms with van der Waals surface area (Å²) in [6.07, 6.45) is 7.70. The molecule has 0 spiro atoms. The summed E-state index contributed by atoms with van der Waals surface area (Å²) in [6, 6.07) is 7.66. The lowest BCUT2D eigenvalue weighted by Gasteiger charge is -2.20. The number of ether oxygens (including phenoxy) is 2. The molecule has 2 aromatic carbocycles. The van der Waals surface area contributed by atoms with E-state index in [0.29, 0.717) is 46.6 Å². The lowest BCUT2D eigenvalue weighted by atomic mass is 10.2. The molecule has 1 saturated heterocycles. The van der Waals surface area contributed by atoms with Gasteiger partial charge in [-0.25, -0.2) is 18.7 Å². The Labute approximate surface area is 243 Å². The van der Waals surface area contributed by atoms with Gasteiger partial charge in [0.15, 0.2) is 11.6 Å². The molecule has 2 N–H and O–H groups in total. The van der Waals surface area contributed by atoms with Crippen LogP contribution in [0.4, 0.5) is 26.0 Å². The highest BCUT2D eigenvalue weighted by Crippen LogP contribution is 2.36. The van der Waals surface area contributed by atoms with Crippen LogP contribution in [0, 0.1) is 18.6 Å². The maximum Gasteiger partial charge on any atom is 0.246 e. The minimum absolute atomic E-state index is 0.107. The number of anilines is 3. The summed E-state index contributed by atoms with van der Waals surface area (Å²) >= 11 is 0. The van der Waals surface area contributed by atoms with Gasteiger partial charge in [-0.3, -0.25) is 9.48 Å². The lowest BCUT2D eigenvalue weighted by Crippen LogP contribution is -2.28. The summed E-state index contributed by atoms with van der Waals surface area (Å²) in [5, 5.41) is 10.4. The van der Waals surface area contributed by atoms with Crippen molar-refractivity contribution in [1.82, 2.24) is 24.6 Å². The van der Waals surface area contributed by atoms with Gasteiger partial charge < -0.3 is 25.0 Å². The number of carbonyl (C=O) groups is 1. The second-order valence-corrected chi connectivity index (χ2v) is 10.4. The van der Waals surface area contributed by atoms with Crippen LogP contribution in [0.5, 0.6) is 11.5 Å². The fraction of sp³-hybridized carbons (Fsp3) is 0.367. The van der Waals surface area contributed by atoms with Crippen LogP contribution in [-0.4, -0.2) is 62.4 Å². The van der Waals surface area contributed by atoms with E-state index in [1.54, 1.807) is 6.20 Å². The number of amides is 1. The zero-order valence-electron chi connectivity index (χ0n) is 23.6. The largest absolute Gasteiger partial charge is 0.493 e. The van der Waals surface area contributed by atoms with E-state index in [1.807, 2.05) is 26.0 Å². The standard InChI is InChI=1S/C30H34F2N7O3/c1-19(2)42-26-14-22(41-12-6-11-38-10-5-7-20(38)3)13-25-28(26)30(34-18-33-25)36-21-15-35-39(16-21)17-27(40)37-24-9-4-8-23(31)29(24)32/h4,8-9,13-16,18-20H,3,5-7,10-12,17H2,1-2H3,(H,37,40)(H,33,34,36)/t20-/m1/s1. The molecule has 3 heterocycles. The van der Waals surface area contributed by atoms with E-state index in [0.717, 1.165) is 32.0 Å². The first-order valence-corrected chi connectivity index (χ1v) is 14.0. The first kappa shape index (κ1) is 29.2. The molecule has 1 fully saturated rings. The number of rotatable bonds is 12. The zero-order chi connectivity index (χ0) is 29.6. The normalized spacial score (nSPS) is 15.3. The predicted octanol–water partition coefficient (Wildman–Crippen LogP) is 5.34. The molecule has 4 aromatic rings. The van der Waals surface area contributed by atoms with Crippen molar-refractivity contribution in [1.29, 1.82) is 0 Å². The smallest absolute Gasteiger partial charge is 0.246 e. The van der Waals surface area contributed by atoms with Gasteiger partial charge >= 0.3 is 0 Å². The van der Waals surface area contributed by atoms with E-state index in [2.05, 4.69) is 37.5 Å². The quantitative estimate of drug-likeness (QED) is 0.217. The Balaban J connectivity index is 1.28. The molecule has 0 aliphatic carbocycles. The van der Waals surface area contributed by atoms with E-state index in [9.17, 15) is 13.6 Å². The average molecular weight is 579 g/mol. The Morgan fingerprint density at radius 2 is 2.10 bits per heavy atom. The first-order chi connectivity index (χ1) is 20.3. The number of benzene rings is 2. The minimum atomic E-state index is -1.12. The van der Waals surface area contributed by atoms with Crippen LogP contribution in [0.15, 0.2) is 49.1 Å². The third kappa shape index (κ3) is 7.11. The molecule has 10 nitrogen and oxygen atoms in total. The molecule has 1 radical (unpaired) electrons. The zero-order valence-corrected chi connectivity index (χ0v) is 23.6. The number of aromatic nitrogens is 4. The fourth-order valence-electron chi connectivity index (χ4n) is 4.89. The Morgan fingerprint density at radius 1 is 1.24 bits per heavy atom. The molecular formula is C30H34F2N7O3. The van der Waals surface area contributed by atoms with Crippen molar-refractivity contribution >= 4 is 34.0 Å². The van der Waals surface area contributed by atoms with Gasteiger partial charge in [-0.1, -0.05) is 6.07 Å². The summed E-state index contributed by atoms with van der Waals surface area (Å²) in [6.45, 7) is 10.5. The summed E-state index contributed by atoms with van der Waals surface area (Å²) in [5.74, 6) is -1.01. The number of nitrogens with one attached hydrogen (secondary N) is 2. The molecule has 1 atom stereocenters. The van der Waals surface area contributed by atoms with Crippen molar-refractivity contribution in [3.05, 3.63) is 67.6 Å². The van der Waals surface area contributed by atoms with Crippen LogP contribution >= 0.6 is 0 Å². The van der Waals surface area contributed by atoms with Gasteiger partial charge in [0, 0.05) is 30.9 Å². The second kappa shape index (κ2) is 13.1. The van der Waals surface area contributed by atoms with E-state index in [4.69, 9.17) is 9.47 Å². The topological polar surface area (TPSA) is 106 Å². The van der Waals surface area contributed by atoms with Crippen LogP contribution < -0.4 is 20.1 Å². The highest BCUT2D eigenvalue weighted by atomic mass is 19.2. The number of hydrogen-bond donors (Lipinski definition) is 2. The van der Waals surface area contributed by atoms with Crippen molar-refractivity contribution in [2.24, 2.45) is 0 Å². The van der Waals surface area contributed by atoms with E-state index >= 15 is 0 Å². The van der Waals surface area contributed by atoms with Crippen molar-refractivity contribution in [2.45, 2.75) is 51.8 Å². The average Bonchev–Trinajstić information content (AvgIpc) is 3.56. The summed E-state index contributed by atoms with van der Waals surface area (Å²) in [5.41, 5.74) is 0.959. The SMILES string of the molecule is [CH2][C@@H]1CCCN1CCCOc1cc(OC(C)C)c2c(Nc3cnn(CC(=O)Nc4cccc(F)c4F)c3)ncnc2c1. The van der Waals surface area contributed by atoms with Gasteiger partial charge in [0.1, 0.15) is 30.2 Å². The molecule has 1 aliphatic heterocycles.